The fourth-order valence-electron chi connectivity index (χ4n) is 6.79. The molecule has 1 spiro atoms. The molecule has 2 aromatic rings. The zero-order valence-corrected chi connectivity index (χ0v) is 18.4. The van der Waals surface area contributed by atoms with Crippen LogP contribution in [0.2, 0.25) is 0 Å². The van der Waals surface area contributed by atoms with E-state index in [-0.39, 0.29) is 17.3 Å². The van der Waals surface area contributed by atoms with E-state index in [1.807, 2.05) is 30.6 Å². The van der Waals surface area contributed by atoms with Crippen LogP contribution in [0.1, 0.15) is 42.0 Å². The normalized spacial score (nSPS) is 36.1. The predicted molar refractivity (Wildman–Crippen MR) is 122 cm³/mol. The van der Waals surface area contributed by atoms with Gasteiger partial charge in [-0.25, -0.2) is 0 Å². The summed E-state index contributed by atoms with van der Waals surface area (Å²) in [4.78, 5) is 6.52. The molecule has 2 saturated heterocycles. The number of phenols is 1. The van der Waals surface area contributed by atoms with Crippen molar-refractivity contribution in [3.63, 3.8) is 0 Å². The van der Waals surface area contributed by atoms with Crippen molar-refractivity contribution < 1.29 is 14.9 Å². The summed E-state index contributed by atoms with van der Waals surface area (Å²) in [6, 6.07) is 8.92. The lowest BCUT2D eigenvalue weighted by atomic mass is 9.53. The largest absolute Gasteiger partial charge is 0.504 e. The summed E-state index contributed by atoms with van der Waals surface area (Å²) >= 11 is 0. The van der Waals surface area contributed by atoms with Crippen LogP contribution in [-0.2, 0) is 11.8 Å². The average molecular weight is 434 g/mol. The molecule has 1 aromatic heterocycles. The van der Waals surface area contributed by atoms with Crippen molar-refractivity contribution in [2.24, 2.45) is 5.92 Å². The second-order valence-electron chi connectivity index (χ2n) is 9.87. The van der Waals surface area contributed by atoms with E-state index >= 15 is 0 Å². The number of aliphatic hydroxyl groups is 1. The summed E-state index contributed by atoms with van der Waals surface area (Å²) < 4.78 is 6.09. The third kappa shape index (κ3) is 2.86. The second kappa shape index (κ2) is 7.58. The lowest BCUT2D eigenvalue weighted by Gasteiger charge is -2.56. The van der Waals surface area contributed by atoms with Gasteiger partial charge < -0.3 is 25.2 Å². The molecular formula is C26H31N3O3. The molecule has 168 valence electrons. The number of ether oxygens (including phenoxy) is 1. The Hall–Kier alpha value is -2.41. The van der Waals surface area contributed by atoms with Gasteiger partial charge in [0.15, 0.2) is 11.5 Å². The molecule has 4 heterocycles. The molecule has 3 N–H and O–H groups in total. The molecule has 6 atom stereocenters. The highest BCUT2D eigenvalue weighted by Crippen LogP contribution is 2.62. The van der Waals surface area contributed by atoms with Gasteiger partial charge in [0.1, 0.15) is 12.2 Å². The Morgan fingerprint density at radius 2 is 2.16 bits per heavy atom. The first-order valence-electron chi connectivity index (χ1n) is 11.8. The number of likely N-dealkylation sites (tertiary alicyclic amines) is 1. The number of nitrogens with one attached hydrogen (secondary N) is 1. The van der Waals surface area contributed by atoms with E-state index in [4.69, 9.17) is 4.74 Å². The summed E-state index contributed by atoms with van der Waals surface area (Å²) in [5.74, 6) is 1.19. The first kappa shape index (κ1) is 20.2. The number of aliphatic hydroxyl groups excluding tert-OH is 1. The van der Waals surface area contributed by atoms with Crippen LogP contribution < -0.4 is 10.1 Å². The third-order valence-electron chi connectivity index (χ3n) is 8.30. The first-order chi connectivity index (χ1) is 15.6. The van der Waals surface area contributed by atoms with E-state index in [0.717, 1.165) is 25.9 Å². The first-order valence-corrected chi connectivity index (χ1v) is 11.8. The molecular weight excluding hydrogens is 402 g/mol. The summed E-state index contributed by atoms with van der Waals surface area (Å²) in [6.45, 7) is 2.16. The lowest BCUT2D eigenvalue weighted by Crippen LogP contribution is -2.64. The quantitative estimate of drug-likeness (QED) is 0.601. The molecule has 0 saturated carbocycles. The monoisotopic (exact) mass is 433 g/mol. The molecule has 0 amide bonds. The van der Waals surface area contributed by atoms with E-state index in [0.29, 0.717) is 23.8 Å². The number of hydrogen-bond donors (Lipinski definition) is 3. The molecule has 5 aliphatic rings. The standard InChI is InChI=1S/C17H19NO3.C9H12N2/c1-18-7-6-17-10-3-5-13(20)16(17)21-15-12(19)4-2-9(14(15)17)8-11(10)18;1-3-8(7-10-5-1)9-4-2-6-11-9/h2-5,10-11,13,16,19-20H,6-8H2,1H3;1,3,5,7,9,11H,2,4,6H2/t10-,11+,13-,16-,17-;9-/m00/s1. The summed E-state index contributed by atoms with van der Waals surface area (Å²) in [5, 5.41) is 24.1. The number of aromatic hydroxyl groups is 1. The molecule has 3 aliphatic heterocycles. The summed E-state index contributed by atoms with van der Waals surface area (Å²) in [5.41, 5.74) is 3.61. The molecule has 0 radical (unpaired) electrons. The highest BCUT2D eigenvalue weighted by molar-refractivity contribution is 5.61. The number of hydrogen-bond acceptors (Lipinski definition) is 6. The molecule has 2 bridgehead atoms. The summed E-state index contributed by atoms with van der Waals surface area (Å²) in [6.07, 6.45) is 11.5. The van der Waals surface area contributed by atoms with E-state index in [9.17, 15) is 10.2 Å². The Balaban J connectivity index is 0.000000150. The molecule has 6 nitrogen and oxygen atoms in total. The maximum atomic E-state index is 10.4. The van der Waals surface area contributed by atoms with Gasteiger partial charge in [0.25, 0.3) is 0 Å². The molecule has 2 aliphatic carbocycles. The van der Waals surface area contributed by atoms with Gasteiger partial charge in [0.2, 0.25) is 0 Å². The fourth-order valence-corrected chi connectivity index (χ4v) is 6.79. The van der Waals surface area contributed by atoms with E-state index < -0.39 is 6.10 Å². The molecule has 1 aromatic carbocycles. The lowest BCUT2D eigenvalue weighted by molar-refractivity contribution is -0.0453. The minimum Gasteiger partial charge on any atom is -0.504 e. The number of benzene rings is 1. The van der Waals surface area contributed by atoms with Crippen LogP contribution in [0.3, 0.4) is 0 Å². The smallest absolute Gasteiger partial charge is 0.165 e. The Morgan fingerprint density at radius 3 is 2.94 bits per heavy atom. The molecule has 7 rings (SSSR count). The number of phenolic OH excluding ortho intramolecular Hbond substituents is 1. The van der Waals surface area contributed by atoms with Gasteiger partial charge in [0, 0.05) is 41.4 Å². The molecule has 32 heavy (non-hydrogen) atoms. The van der Waals surface area contributed by atoms with E-state index in [1.54, 1.807) is 6.07 Å². The average Bonchev–Trinajstić information content (AvgIpc) is 3.47. The van der Waals surface area contributed by atoms with Gasteiger partial charge in [-0.05, 0) is 69.1 Å². The predicted octanol–water partition coefficient (Wildman–Crippen LogP) is 2.70. The molecule has 6 heteroatoms. The second-order valence-corrected chi connectivity index (χ2v) is 9.87. The van der Waals surface area contributed by atoms with Gasteiger partial charge in [0.05, 0.1) is 0 Å². The van der Waals surface area contributed by atoms with Gasteiger partial charge in [-0.3, -0.25) is 4.98 Å². The highest BCUT2D eigenvalue weighted by atomic mass is 16.5. The maximum absolute atomic E-state index is 10.4. The Morgan fingerprint density at radius 1 is 1.25 bits per heavy atom. The molecule has 0 unspecified atom stereocenters. The van der Waals surface area contributed by atoms with Crippen molar-refractivity contribution in [2.45, 2.75) is 55.4 Å². The van der Waals surface area contributed by atoms with Crippen molar-refractivity contribution in [1.82, 2.24) is 15.2 Å². The van der Waals surface area contributed by atoms with Crippen LogP contribution in [0.5, 0.6) is 11.5 Å². The van der Waals surface area contributed by atoms with Gasteiger partial charge >= 0.3 is 0 Å². The summed E-state index contributed by atoms with van der Waals surface area (Å²) in [7, 11) is 2.19. The minimum atomic E-state index is -0.594. The number of rotatable bonds is 1. The zero-order valence-electron chi connectivity index (χ0n) is 18.4. The number of aromatic nitrogens is 1. The number of pyridine rings is 1. The van der Waals surface area contributed by atoms with Crippen LogP contribution in [0.4, 0.5) is 0 Å². The molecule has 2 fully saturated rings. The van der Waals surface area contributed by atoms with Gasteiger partial charge in [-0.1, -0.05) is 24.3 Å². The van der Waals surface area contributed by atoms with E-state index in [2.05, 4.69) is 34.4 Å². The van der Waals surface area contributed by atoms with Crippen LogP contribution >= 0.6 is 0 Å². The minimum absolute atomic E-state index is 0.160. The fraction of sp³-hybridized carbons (Fsp3) is 0.500. The third-order valence-corrected chi connectivity index (χ3v) is 8.30. The number of piperidine rings is 1. The number of nitrogens with zero attached hydrogens (tertiary/aromatic N) is 2. The van der Waals surface area contributed by atoms with Crippen LogP contribution in [0.25, 0.3) is 0 Å². The van der Waals surface area contributed by atoms with Gasteiger partial charge in [-0.2, -0.15) is 0 Å². The van der Waals surface area contributed by atoms with Crippen molar-refractivity contribution in [2.75, 3.05) is 20.1 Å². The van der Waals surface area contributed by atoms with Crippen molar-refractivity contribution in [3.05, 3.63) is 65.5 Å². The van der Waals surface area contributed by atoms with Gasteiger partial charge in [-0.15, -0.1) is 0 Å². The van der Waals surface area contributed by atoms with Crippen LogP contribution in [0, 0.1) is 5.92 Å². The Kier molecular flexibility index (Phi) is 4.79. The highest BCUT2D eigenvalue weighted by Gasteiger charge is 2.64. The van der Waals surface area contributed by atoms with Crippen LogP contribution in [0.15, 0.2) is 48.8 Å². The van der Waals surface area contributed by atoms with Crippen molar-refractivity contribution >= 4 is 0 Å². The van der Waals surface area contributed by atoms with Crippen LogP contribution in [-0.4, -0.2) is 58.5 Å². The zero-order chi connectivity index (χ0) is 21.9. The van der Waals surface area contributed by atoms with Crippen molar-refractivity contribution in [3.8, 4) is 11.5 Å². The maximum Gasteiger partial charge on any atom is 0.165 e. The topological polar surface area (TPSA) is 77.9 Å². The number of likely N-dealkylation sites (N-methyl/N-ethyl adjacent to an activating group) is 1. The Bertz CT molecular complexity index is 1040. The Labute approximate surface area is 188 Å². The SMILES string of the molecule is CN1CC[C@]23c4c5ccc(O)c4O[C@H]2[C@@H](O)C=C[C@H]3[C@H]1C5.c1cncc([C@@H]2CCCN2)c1. The van der Waals surface area contributed by atoms with E-state index in [1.165, 1.54) is 29.5 Å². The van der Waals surface area contributed by atoms with Crippen molar-refractivity contribution in [1.29, 1.82) is 0 Å².